The number of hydrogen-bond acceptors (Lipinski definition) is 15. The lowest BCUT2D eigenvalue weighted by atomic mass is 9.99. The molecule has 17 nitrogen and oxygen atoms in total. The second kappa shape index (κ2) is 73.6. The molecule has 0 saturated carbocycles. The minimum absolute atomic E-state index is 0.107. The van der Waals surface area contributed by atoms with Crippen molar-refractivity contribution in [2.75, 3.05) is 39.6 Å². The normalized spacial score (nSPS) is 14.2. The van der Waals surface area contributed by atoms with E-state index in [2.05, 4.69) is 41.5 Å². The fraction of sp³-hybridized carbons (Fsp3) is 0.951. The molecule has 600 valence electrons. The van der Waals surface area contributed by atoms with E-state index in [1.807, 2.05) is 0 Å². The third kappa shape index (κ3) is 74.7. The fourth-order valence-electron chi connectivity index (χ4n) is 12.7. The van der Waals surface area contributed by atoms with Crippen LogP contribution in [0.15, 0.2) is 0 Å². The summed E-state index contributed by atoms with van der Waals surface area (Å²) in [5.41, 5.74) is 0. The molecule has 0 rings (SSSR count). The highest BCUT2D eigenvalue weighted by Crippen LogP contribution is 2.45. The molecule has 0 amide bonds. The van der Waals surface area contributed by atoms with E-state index in [1.54, 1.807) is 0 Å². The third-order valence-corrected chi connectivity index (χ3v) is 21.5. The first-order valence-corrected chi connectivity index (χ1v) is 45.5. The summed E-state index contributed by atoms with van der Waals surface area (Å²) in [5.74, 6) is -0.492. The van der Waals surface area contributed by atoms with Crippen molar-refractivity contribution in [2.45, 2.75) is 452 Å². The molecular weight excluding hydrogens is 1320 g/mol. The van der Waals surface area contributed by atoms with Crippen LogP contribution in [0.25, 0.3) is 0 Å². The highest BCUT2D eigenvalue weighted by atomic mass is 31.2. The molecule has 0 aromatic rings. The maximum absolute atomic E-state index is 13.1. The summed E-state index contributed by atoms with van der Waals surface area (Å²) in [4.78, 5) is 73.1. The van der Waals surface area contributed by atoms with E-state index in [4.69, 9.17) is 37.0 Å². The minimum atomic E-state index is -4.96. The first-order valence-electron chi connectivity index (χ1n) is 42.5. The second-order valence-corrected chi connectivity index (χ2v) is 33.1. The molecule has 0 aromatic carbocycles. The summed E-state index contributed by atoms with van der Waals surface area (Å²) in [5, 5.41) is 10.7. The zero-order chi connectivity index (χ0) is 74.2. The van der Waals surface area contributed by atoms with Gasteiger partial charge in [0.1, 0.15) is 19.3 Å². The Morgan fingerprint density at radius 1 is 0.287 bits per heavy atom. The van der Waals surface area contributed by atoms with Crippen LogP contribution in [-0.4, -0.2) is 96.7 Å². The maximum Gasteiger partial charge on any atom is 0.472 e. The summed E-state index contributed by atoms with van der Waals surface area (Å²) in [6, 6.07) is 0. The standard InChI is InChI=1S/C82H160O17P2/c1-7-10-12-14-16-18-20-22-25-30-34-41-47-53-59-65-80(85)93-70-77(98-81(86)66-60-54-48-42-35-31-27-24-23-26-29-32-38-44-50-56-62-74(4)5)72-96-100(88,89)94-68-76(83)69-95-101(90,91)97-73-78(71-92-79(84)64-58-52-46-40-33-28-21-19-17-15-13-11-8-2)99-82(87)67-61-55-49-43-37-36-39-45-51-57-63-75(6)9-3/h74-78,83H,7-73H2,1-6H3,(H,88,89)(H,90,91)/t75?,76-,77-,78-/m1/s1. The summed E-state index contributed by atoms with van der Waals surface area (Å²) in [6.45, 7) is 9.71. The topological polar surface area (TPSA) is 237 Å². The van der Waals surface area contributed by atoms with Crippen molar-refractivity contribution in [3.8, 4) is 0 Å². The van der Waals surface area contributed by atoms with E-state index in [1.165, 1.54) is 250 Å². The van der Waals surface area contributed by atoms with Crippen LogP contribution in [0.1, 0.15) is 433 Å². The Labute approximate surface area is 619 Å². The van der Waals surface area contributed by atoms with Gasteiger partial charge in [0.05, 0.1) is 26.4 Å². The van der Waals surface area contributed by atoms with Gasteiger partial charge in [-0.15, -0.1) is 0 Å². The lowest BCUT2D eigenvalue weighted by Gasteiger charge is -2.21. The van der Waals surface area contributed by atoms with Crippen LogP contribution >= 0.6 is 15.6 Å². The fourth-order valence-corrected chi connectivity index (χ4v) is 14.3. The Morgan fingerprint density at radius 2 is 0.505 bits per heavy atom. The number of aliphatic hydroxyl groups is 1. The van der Waals surface area contributed by atoms with E-state index in [0.29, 0.717) is 25.7 Å². The molecule has 19 heteroatoms. The zero-order valence-electron chi connectivity index (χ0n) is 66.2. The SMILES string of the molecule is CCCCCCCCCCCCCCCCCC(=O)OC[C@H](COP(=O)(O)OC[C@@H](O)COP(=O)(O)OC[C@@H](COC(=O)CCCCCCCCCCCCCCC)OC(=O)CCCCCCCCCCCCC(C)CC)OC(=O)CCCCCCCCCCCCCCCCCCC(C)C. The van der Waals surface area contributed by atoms with Crippen LogP contribution in [0.2, 0.25) is 0 Å². The van der Waals surface area contributed by atoms with E-state index in [9.17, 15) is 43.2 Å². The number of unbranched alkanes of at least 4 members (excludes halogenated alkanes) is 50. The van der Waals surface area contributed by atoms with Crippen LogP contribution in [0.4, 0.5) is 0 Å². The lowest BCUT2D eigenvalue weighted by molar-refractivity contribution is -0.161. The van der Waals surface area contributed by atoms with Crippen LogP contribution in [-0.2, 0) is 65.4 Å². The maximum atomic E-state index is 13.1. The van der Waals surface area contributed by atoms with E-state index in [-0.39, 0.29) is 25.7 Å². The molecule has 0 bridgehead atoms. The van der Waals surface area contributed by atoms with Crippen molar-refractivity contribution in [3.63, 3.8) is 0 Å². The van der Waals surface area contributed by atoms with Gasteiger partial charge in [0.2, 0.25) is 0 Å². The molecule has 0 spiro atoms. The van der Waals surface area contributed by atoms with Crippen LogP contribution < -0.4 is 0 Å². The van der Waals surface area contributed by atoms with Crippen molar-refractivity contribution in [3.05, 3.63) is 0 Å². The molecule has 0 aliphatic heterocycles. The average Bonchev–Trinajstić information content (AvgIpc) is 1.20. The highest BCUT2D eigenvalue weighted by molar-refractivity contribution is 7.47. The molecule has 0 aliphatic rings. The molecule has 3 unspecified atom stereocenters. The zero-order valence-corrected chi connectivity index (χ0v) is 68.0. The predicted octanol–water partition coefficient (Wildman–Crippen LogP) is 24.7. The van der Waals surface area contributed by atoms with Gasteiger partial charge in [-0.3, -0.25) is 37.3 Å². The number of phosphoric ester groups is 2. The number of carbonyl (C=O) groups is 4. The van der Waals surface area contributed by atoms with Crippen LogP contribution in [0.5, 0.6) is 0 Å². The number of ether oxygens (including phenoxy) is 4. The predicted molar refractivity (Wildman–Crippen MR) is 414 cm³/mol. The number of carbonyl (C=O) groups excluding carboxylic acids is 4. The second-order valence-electron chi connectivity index (χ2n) is 30.2. The summed E-state index contributed by atoms with van der Waals surface area (Å²) >= 11 is 0. The van der Waals surface area contributed by atoms with Crippen molar-refractivity contribution < 1.29 is 80.2 Å². The van der Waals surface area contributed by atoms with Gasteiger partial charge in [-0.25, -0.2) is 9.13 Å². The molecule has 6 atom stereocenters. The van der Waals surface area contributed by atoms with Gasteiger partial charge in [0.25, 0.3) is 0 Å². The summed E-state index contributed by atoms with van der Waals surface area (Å²) in [7, 11) is -9.92. The van der Waals surface area contributed by atoms with Gasteiger partial charge in [-0.1, -0.05) is 382 Å². The minimum Gasteiger partial charge on any atom is -0.462 e. The number of rotatable bonds is 81. The third-order valence-electron chi connectivity index (χ3n) is 19.6. The van der Waals surface area contributed by atoms with Gasteiger partial charge in [0.15, 0.2) is 12.2 Å². The summed E-state index contributed by atoms with van der Waals surface area (Å²) in [6.07, 6.45) is 63.6. The molecule has 3 N–H and O–H groups in total. The summed E-state index contributed by atoms with van der Waals surface area (Å²) < 4.78 is 68.8. The van der Waals surface area contributed by atoms with E-state index >= 15 is 0 Å². The van der Waals surface area contributed by atoms with Gasteiger partial charge in [-0.05, 0) is 37.5 Å². The highest BCUT2D eigenvalue weighted by Gasteiger charge is 2.30. The Hall–Kier alpha value is -1.94. The number of aliphatic hydroxyl groups excluding tert-OH is 1. The van der Waals surface area contributed by atoms with E-state index in [0.717, 1.165) is 102 Å². The Kier molecular flexibility index (Phi) is 72.2. The first kappa shape index (κ1) is 99.1. The Bertz CT molecular complexity index is 1940. The van der Waals surface area contributed by atoms with Gasteiger partial charge in [-0.2, -0.15) is 0 Å². The largest absolute Gasteiger partial charge is 0.472 e. The Morgan fingerprint density at radius 3 is 0.752 bits per heavy atom. The van der Waals surface area contributed by atoms with Gasteiger partial charge < -0.3 is 33.8 Å². The van der Waals surface area contributed by atoms with Crippen molar-refractivity contribution in [2.24, 2.45) is 11.8 Å². The monoisotopic (exact) mass is 1480 g/mol. The molecule has 0 aromatic heterocycles. The molecule has 0 saturated heterocycles. The van der Waals surface area contributed by atoms with Crippen LogP contribution in [0.3, 0.4) is 0 Å². The molecule has 0 fully saturated rings. The number of esters is 4. The average molecular weight is 1480 g/mol. The Balaban J connectivity index is 5.26. The lowest BCUT2D eigenvalue weighted by Crippen LogP contribution is -2.30. The van der Waals surface area contributed by atoms with Crippen molar-refractivity contribution in [1.29, 1.82) is 0 Å². The molecular formula is C82H160O17P2. The van der Waals surface area contributed by atoms with Crippen molar-refractivity contribution in [1.82, 2.24) is 0 Å². The van der Waals surface area contributed by atoms with E-state index < -0.39 is 97.5 Å². The van der Waals surface area contributed by atoms with Gasteiger partial charge in [0, 0.05) is 25.7 Å². The molecule has 101 heavy (non-hydrogen) atoms. The quantitative estimate of drug-likeness (QED) is 0.0222. The van der Waals surface area contributed by atoms with Crippen molar-refractivity contribution >= 4 is 39.5 Å². The number of hydrogen-bond donors (Lipinski definition) is 3. The van der Waals surface area contributed by atoms with Crippen LogP contribution in [0, 0.1) is 11.8 Å². The molecule has 0 heterocycles. The smallest absolute Gasteiger partial charge is 0.462 e. The molecule has 0 radical (unpaired) electrons. The number of phosphoric acid groups is 2. The van der Waals surface area contributed by atoms with Gasteiger partial charge >= 0.3 is 39.5 Å². The first-order chi connectivity index (χ1) is 48.9. The molecule has 0 aliphatic carbocycles.